The van der Waals surface area contributed by atoms with Crippen LogP contribution in [-0.4, -0.2) is 12.6 Å². The monoisotopic (exact) mass is 318 g/mol. The average molecular weight is 319 g/mol. The molecule has 0 aliphatic rings. The zero-order valence-corrected chi connectivity index (χ0v) is 13.7. The summed E-state index contributed by atoms with van der Waals surface area (Å²) in [6, 6.07) is 14.3. The van der Waals surface area contributed by atoms with Crippen LogP contribution in [0.1, 0.15) is 26.3 Å². The van der Waals surface area contributed by atoms with E-state index in [1.165, 1.54) is 5.56 Å². The normalized spacial score (nSPS) is 11.1. The third kappa shape index (κ3) is 4.78. The lowest BCUT2D eigenvalue weighted by atomic mass is 9.87. The fourth-order valence-corrected chi connectivity index (χ4v) is 1.98. The molecule has 2 aromatic rings. The SMILES string of the molecule is CC(C)(C)c1ccc(OC(=O)COc2ccc(Cl)cc2)cc1. The number of benzene rings is 2. The van der Waals surface area contributed by atoms with Crippen molar-refractivity contribution < 1.29 is 14.3 Å². The summed E-state index contributed by atoms with van der Waals surface area (Å²) in [4.78, 5) is 11.8. The lowest BCUT2D eigenvalue weighted by molar-refractivity contribution is -0.136. The molecule has 0 saturated heterocycles. The summed E-state index contributed by atoms with van der Waals surface area (Å²) in [6.45, 7) is 6.25. The molecule has 4 heteroatoms. The van der Waals surface area contributed by atoms with E-state index in [1.807, 2.05) is 12.1 Å². The summed E-state index contributed by atoms with van der Waals surface area (Å²) >= 11 is 5.78. The number of carbonyl (C=O) groups is 1. The smallest absolute Gasteiger partial charge is 0.349 e. The quantitative estimate of drug-likeness (QED) is 0.609. The van der Waals surface area contributed by atoms with Gasteiger partial charge < -0.3 is 9.47 Å². The minimum Gasteiger partial charge on any atom is -0.482 e. The molecule has 0 bridgehead atoms. The molecule has 3 nitrogen and oxygen atoms in total. The number of halogens is 1. The van der Waals surface area contributed by atoms with Gasteiger partial charge in [0.2, 0.25) is 0 Å². The van der Waals surface area contributed by atoms with Crippen molar-refractivity contribution in [3.8, 4) is 11.5 Å². The Hall–Kier alpha value is -2.00. The molecule has 2 rings (SSSR count). The number of carbonyl (C=O) groups excluding carboxylic acids is 1. The highest BCUT2D eigenvalue weighted by Crippen LogP contribution is 2.24. The minimum atomic E-state index is -0.446. The van der Waals surface area contributed by atoms with Gasteiger partial charge in [-0.05, 0) is 47.4 Å². The second-order valence-electron chi connectivity index (χ2n) is 5.99. The van der Waals surface area contributed by atoms with E-state index >= 15 is 0 Å². The molecule has 0 unspecified atom stereocenters. The van der Waals surface area contributed by atoms with Crippen molar-refractivity contribution in [2.75, 3.05) is 6.61 Å². The maximum Gasteiger partial charge on any atom is 0.349 e. The van der Waals surface area contributed by atoms with Crippen LogP contribution in [0.5, 0.6) is 11.5 Å². The molecular formula is C18H19ClO3. The molecule has 0 aliphatic heterocycles. The molecule has 0 fully saturated rings. The fourth-order valence-electron chi connectivity index (χ4n) is 1.86. The fraction of sp³-hybridized carbons (Fsp3) is 0.278. The number of esters is 1. The van der Waals surface area contributed by atoms with Crippen molar-refractivity contribution in [2.24, 2.45) is 0 Å². The predicted octanol–water partition coefficient (Wildman–Crippen LogP) is 4.62. The Morgan fingerprint density at radius 2 is 1.50 bits per heavy atom. The number of rotatable bonds is 4. The minimum absolute atomic E-state index is 0.0697. The lowest BCUT2D eigenvalue weighted by Crippen LogP contribution is -2.18. The molecule has 0 spiro atoms. The summed E-state index contributed by atoms with van der Waals surface area (Å²) in [5.41, 5.74) is 1.25. The van der Waals surface area contributed by atoms with Crippen LogP contribution in [0.15, 0.2) is 48.5 Å². The van der Waals surface area contributed by atoms with Crippen molar-refractivity contribution in [3.63, 3.8) is 0 Å². The van der Waals surface area contributed by atoms with Gasteiger partial charge in [-0.3, -0.25) is 0 Å². The van der Waals surface area contributed by atoms with Gasteiger partial charge in [-0.25, -0.2) is 4.79 Å². The summed E-state index contributed by atoms with van der Waals surface area (Å²) in [6.07, 6.45) is 0. The van der Waals surface area contributed by atoms with Crippen molar-refractivity contribution in [2.45, 2.75) is 26.2 Å². The molecule has 0 aromatic heterocycles. The Kier molecular flexibility index (Phi) is 5.09. The second kappa shape index (κ2) is 6.84. The van der Waals surface area contributed by atoms with Crippen molar-refractivity contribution in [3.05, 3.63) is 59.1 Å². The van der Waals surface area contributed by atoms with Gasteiger partial charge in [0.25, 0.3) is 0 Å². The van der Waals surface area contributed by atoms with Crippen LogP contribution in [0.25, 0.3) is 0 Å². The van der Waals surface area contributed by atoms with Crippen LogP contribution >= 0.6 is 11.6 Å². The largest absolute Gasteiger partial charge is 0.482 e. The summed E-state index contributed by atoms with van der Waals surface area (Å²) in [5.74, 6) is 0.639. The van der Waals surface area contributed by atoms with Crippen LogP contribution in [0.4, 0.5) is 0 Å². The summed E-state index contributed by atoms with van der Waals surface area (Å²) < 4.78 is 10.6. The van der Waals surface area contributed by atoms with Crippen LogP contribution < -0.4 is 9.47 Å². The van der Waals surface area contributed by atoms with Crippen molar-refractivity contribution in [1.29, 1.82) is 0 Å². The molecule has 116 valence electrons. The molecule has 0 amide bonds. The maximum atomic E-state index is 11.8. The standard InChI is InChI=1S/C18H19ClO3/c1-18(2,3)13-4-8-16(9-5-13)22-17(20)12-21-15-10-6-14(19)7-11-15/h4-11H,12H2,1-3H3. The molecular weight excluding hydrogens is 300 g/mol. The number of hydrogen-bond donors (Lipinski definition) is 0. The van der Waals surface area contributed by atoms with E-state index in [9.17, 15) is 4.79 Å². The zero-order chi connectivity index (χ0) is 16.2. The Balaban J connectivity index is 1.88. The molecule has 0 atom stereocenters. The molecule has 0 radical (unpaired) electrons. The van der Waals surface area contributed by atoms with Gasteiger partial charge in [-0.2, -0.15) is 0 Å². The average Bonchev–Trinajstić information content (AvgIpc) is 2.46. The van der Waals surface area contributed by atoms with Gasteiger partial charge >= 0.3 is 5.97 Å². The zero-order valence-electron chi connectivity index (χ0n) is 12.9. The highest BCUT2D eigenvalue weighted by molar-refractivity contribution is 6.30. The first-order valence-electron chi connectivity index (χ1n) is 7.04. The predicted molar refractivity (Wildman–Crippen MR) is 87.7 cm³/mol. The third-order valence-electron chi connectivity index (χ3n) is 3.12. The van der Waals surface area contributed by atoms with E-state index < -0.39 is 5.97 Å². The van der Waals surface area contributed by atoms with Gasteiger partial charge in [-0.1, -0.05) is 44.5 Å². The van der Waals surface area contributed by atoms with Crippen LogP contribution in [0, 0.1) is 0 Å². The van der Waals surface area contributed by atoms with Crippen LogP contribution in [0.3, 0.4) is 0 Å². The lowest BCUT2D eigenvalue weighted by Gasteiger charge is -2.19. The van der Waals surface area contributed by atoms with Crippen LogP contribution in [-0.2, 0) is 10.2 Å². The third-order valence-corrected chi connectivity index (χ3v) is 3.37. The molecule has 22 heavy (non-hydrogen) atoms. The van der Waals surface area contributed by atoms with E-state index in [0.29, 0.717) is 16.5 Å². The Bertz CT molecular complexity index is 625. The van der Waals surface area contributed by atoms with Crippen LogP contribution in [0.2, 0.25) is 5.02 Å². The molecule has 0 N–H and O–H groups in total. The second-order valence-corrected chi connectivity index (χ2v) is 6.43. The van der Waals surface area contributed by atoms with Gasteiger partial charge in [0, 0.05) is 5.02 Å². The number of ether oxygens (including phenoxy) is 2. The van der Waals surface area contributed by atoms with E-state index in [0.717, 1.165) is 0 Å². The first-order chi connectivity index (χ1) is 10.3. The molecule has 0 heterocycles. The Labute approximate surface area is 135 Å². The van der Waals surface area contributed by atoms with Gasteiger partial charge in [0.15, 0.2) is 6.61 Å². The Morgan fingerprint density at radius 1 is 0.955 bits per heavy atom. The van der Waals surface area contributed by atoms with E-state index in [2.05, 4.69) is 20.8 Å². The van der Waals surface area contributed by atoms with Crippen molar-refractivity contribution in [1.82, 2.24) is 0 Å². The summed E-state index contributed by atoms with van der Waals surface area (Å²) in [5, 5.41) is 0.619. The molecule has 0 aliphatic carbocycles. The highest BCUT2D eigenvalue weighted by atomic mass is 35.5. The molecule has 2 aromatic carbocycles. The number of hydrogen-bond acceptors (Lipinski definition) is 3. The van der Waals surface area contributed by atoms with E-state index in [4.69, 9.17) is 21.1 Å². The van der Waals surface area contributed by atoms with E-state index in [-0.39, 0.29) is 12.0 Å². The topological polar surface area (TPSA) is 35.5 Å². The van der Waals surface area contributed by atoms with Crippen molar-refractivity contribution >= 4 is 17.6 Å². The van der Waals surface area contributed by atoms with Gasteiger partial charge in [0.1, 0.15) is 11.5 Å². The first-order valence-corrected chi connectivity index (χ1v) is 7.42. The maximum absolute atomic E-state index is 11.8. The Morgan fingerprint density at radius 3 is 2.05 bits per heavy atom. The van der Waals surface area contributed by atoms with Gasteiger partial charge in [-0.15, -0.1) is 0 Å². The summed E-state index contributed by atoms with van der Waals surface area (Å²) in [7, 11) is 0. The van der Waals surface area contributed by atoms with E-state index in [1.54, 1.807) is 36.4 Å². The molecule has 0 saturated carbocycles. The highest BCUT2D eigenvalue weighted by Gasteiger charge is 2.13. The first kappa shape index (κ1) is 16.4. The van der Waals surface area contributed by atoms with Gasteiger partial charge in [0.05, 0.1) is 0 Å².